The maximum atomic E-state index is 13.9. The van der Waals surface area contributed by atoms with Crippen molar-refractivity contribution in [1.82, 2.24) is 9.88 Å². The summed E-state index contributed by atoms with van der Waals surface area (Å²) in [4.78, 5) is 6.09. The van der Waals surface area contributed by atoms with Gasteiger partial charge in [-0.15, -0.1) is 0 Å². The van der Waals surface area contributed by atoms with E-state index in [4.69, 9.17) is 10.5 Å². The van der Waals surface area contributed by atoms with Crippen molar-refractivity contribution in [2.75, 3.05) is 26.4 Å². The van der Waals surface area contributed by atoms with Gasteiger partial charge in [0.25, 0.3) is 0 Å². The number of aromatic nitrogens is 1. The van der Waals surface area contributed by atoms with E-state index in [9.17, 15) is 8.78 Å². The lowest BCUT2D eigenvalue weighted by Gasteiger charge is -2.12. The number of hydrogen-bond donors (Lipinski definition) is 1. The topological polar surface area (TPSA) is 51.4 Å². The normalized spacial score (nSPS) is 11.0. The van der Waals surface area contributed by atoms with Gasteiger partial charge in [0.2, 0.25) is 5.82 Å². The van der Waals surface area contributed by atoms with Crippen LogP contribution in [0.1, 0.15) is 16.8 Å². The van der Waals surface area contributed by atoms with Crippen LogP contribution in [0.3, 0.4) is 0 Å². The number of nitrogen functional groups attached to an aromatic ring is 1. The molecule has 0 spiro atoms. The van der Waals surface area contributed by atoms with Crippen LogP contribution < -0.4 is 10.5 Å². The summed E-state index contributed by atoms with van der Waals surface area (Å²) in [6.07, 6.45) is 0.607. The molecule has 124 valence electrons. The fraction of sp³-hybridized carbons (Fsp3) is 0.353. The first-order valence-electron chi connectivity index (χ1n) is 7.33. The van der Waals surface area contributed by atoms with E-state index in [2.05, 4.69) is 4.98 Å². The first kappa shape index (κ1) is 17.1. The first-order chi connectivity index (χ1) is 10.8. The highest BCUT2D eigenvalue weighted by Gasteiger charge is 2.13. The third-order valence-electron chi connectivity index (χ3n) is 3.32. The number of rotatable bonds is 6. The molecule has 2 rings (SSSR count). The predicted octanol–water partition coefficient (Wildman–Crippen LogP) is 2.93. The Morgan fingerprint density at radius 2 is 1.91 bits per heavy atom. The van der Waals surface area contributed by atoms with Crippen molar-refractivity contribution in [3.63, 3.8) is 0 Å². The summed E-state index contributed by atoms with van der Waals surface area (Å²) in [5, 5.41) is 0. The van der Waals surface area contributed by atoms with Gasteiger partial charge in [0, 0.05) is 6.54 Å². The number of benzene rings is 1. The number of nitrogens with two attached hydrogens (primary N) is 1. The molecule has 4 nitrogen and oxygen atoms in total. The third kappa shape index (κ3) is 4.89. The Hall–Kier alpha value is -2.21. The standard InChI is InChI=1S/C17H21F2N3O/c1-11-6-13(21-16(20)7-11)10-23-15-9-12(4-5-22(2)3)8-14(18)17(15)19/h6-9H,4-5,10H2,1-3H3,(H2,20,21). The summed E-state index contributed by atoms with van der Waals surface area (Å²) in [5.41, 5.74) is 7.86. The number of aryl methyl sites for hydroxylation is 1. The third-order valence-corrected chi connectivity index (χ3v) is 3.32. The van der Waals surface area contributed by atoms with Gasteiger partial charge in [0.1, 0.15) is 12.4 Å². The molecule has 2 aromatic rings. The number of nitrogens with zero attached hydrogens (tertiary/aromatic N) is 2. The van der Waals surface area contributed by atoms with Crippen LogP contribution in [0, 0.1) is 18.6 Å². The van der Waals surface area contributed by atoms with E-state index >= 15 is 0 Å². The van der Waals surface area contributed by atoms with Crippen molar-refractivity contribution in [3.8, 4) is 5.75 Å². The van der Waals surface area contributed by atoms with Gasteiger partial charge >= 0.3 is 0 Å². The largest absolute Gasteiger partial charge is 0.484 e. The van der Waals surface area contributed by atoms with Gasteiger partial charge in [0.05, 0.1) is 5.69 Å². The highest BCUT2D eigenvalue weighted by atomic mass is 19.2. The van der Waals surface area contributed by atoms with Gasteiger partial charge in [0.15, 0.2) is 11.6 Å². The summed E-state index contributed by atoms with van der Waals surface area (Å²) >= 11 is 0. The van der Waals surface area contributed by atoms with E-state index in [-0.39, 0.29) is 12.4 Å². The molecule has 0 aliphatic carbocycles. The molecule has 0 fully saturated rings. The Kier molecular flexibility index (Phi) is 5.50. The van der Waals surface area contributed by atoms with Gasteiger partial charge in [-0.1, -0.05) is 0 Å². The van der Waals surface area contributed by atoms with Crippen LogP contribution in [0.4, 0.5) is 14.6 Å². The maximum Gasteiger partial charge on any atom is 0.200 e. The smallest absolute Gasteiger partial charge is 0.200 e. The second-order valence-corrected chi connectivity index (χ2v) is 5.79. The quantitative estimate of drug-likeness (QED) is 0.889. The minimum atomic E-state index is -0.987. The molecule has 0 saturated heterocycles. The zero-order chi connectivity index (χ0) is 17.0. The average molecular weight is 321 g/mol. The second kappa shape index (κ2) is 7.37. The van der Waals surface area contributed by atoms with Crippen molar-refractivity contribution >= 4 is 5.82 Å². The van der Waals surface area contributed by atoms with Crippen molar-refractivity contribution in [2.45, 2.75) is 20.0 Å². The fourth-order valence-corrected chi connectivity index (χ4v) is 2.21. The van der Waals surface area contributed by atoms with E-state index in [0.29, 0.717) is 23.5 Å². The highest BCUT2D eigenvalue weighted by Crippen LogP contribution is 2.24. The Morgan fingerprint density at radius 3 is 2.57 bits per heavy atom. The zero-order valence-electron chi connectivity index (χ0n) is 13.6. The summed E-state index contributed by atoms with van der Waals surface area (Å²) < 4.78 is 33.0. The number of pyridine rings is 1. The van der Waals surface area contributed by atoms with Gasteiger partial charge in [-0.2, -0.15) is 4.39 Å². The van der Waals surface area contributed by atoms with Gasteiger partial charge in [-0.3, -0.25) is 0 Å². The minimum Gasteiger partial charge on any atom is -0.484 e. The zero-order valence-corrected chi connectivity index (χ0v) is 13.6. The Labute approximate surface area is 134 Å². The fourth-order valence-electron chi connectivity index (χ4n) is 2.21. The van der Waals surface area contributed by atoms with Crippen LogP contribution in [-0.4, -0.2) is 30.5 Å². The molecule has 23 heavy (non-hydrogen) atoms. The Balaban J connectivity index is 2.14. The van der Waals surface area contributed by atoms with Crippen LogP contribution in [-0.2, 0) is 13.0 Å². The van der Waals surface area contributed by atoms with Crippen LogP contribution in [0.25, 0.3) is 0 Å². The average Bonchev–Trinajstić information content (AvgIpc) is 2.46. The van der Waals surface area contributed by atoms with Crippen molar-refractivity contribution in [1.29, 1.82) is 0 Å². The van der Waals surface area contributed by atoms with Crippen LogP contribution in [0.15, 0.2) is 24.3 Å². The molecule has 0 unspecified atom stereocenters. The van der Waals surface area contributed by atoms with E-state index in [1.54, 1.807) is 12.1 Å². The van der Waals surface area contributed by atoms with Crippen molar-refractivity contribution in [3.05, 3.63) is 52.7 Å². The highest BCUT2D eigenvalue weighted by molar-refractivity contribution is 5.35. The Bertz CT molecular complexity index is 670. The summed E-state index contributed by atoms with van der Waals surface area (Å²) in [6, 6.07) is 6.25. The molecule has 0 atom stereocenters. The van der Waals surface area contributed by atoms with Crippen molar-refractivity contribution in [2.24, 2.45) is 0 Å². The maximum absolute atomic E-state index is 13.9. The summed E-state index contributed by atoms with van der Waals surface area (Å²) in [6.45, 7) is 2.64. The van der Waals surface area contributed by atoms with Gasteiger partial charge < -0.3 is 15.4 Å². The molecule has 0 amide bonds. The lowest BCUT2D eigenvalue weighted by atomic mass is 10.1. The van der Waals surface area contributed by atoms with Crippen molar-refractivity contribution < 1.29 is 13.5 Å². The molecule has 0 bridgehead atoms. The molecular weight excluding hydrogens is 300 g/mol. The number of anilines is 1. The molecule has 0 aliphatic heterocycles. The van der Waals surface area contributed by atoms with Gasteiger partial charge in [-0.25, -0.2) is 9.37 Å². The van der Waals surface area contributed by atoms with Crippen LogP contribution in [0.2, 0.25) is 0 Å². The molecule has 6 heteroatoms. The van der Waals surface area contributed by atoms with E-state index in [0.717, 1.165) is 12.1 Å². The number of ether oxygens (including phenoxy) is 1. The van der Waals surface area contributed by atoms with E-state index < -0.39 is 11.6 Å². The minimum absolute atomic E-state index is 0.0272. The molecule has 1 heterocycles. The van der Waals surface area contributed by atoms with E-state index in [1.807, 2.05) is 25.9 Å². The second-order valence-electron chi connectivity index (χ2n) is 5.79. The molecule has 0 radical (unpaired) electrons. The summed E-state index contributed by atoms with van der Waals surface area (Å²) in [5.74, 6) is -1.64. The molecule has 0 saturated carbocycles. The lowest BCUT2D eigenvalue weighted by Crippen LogP contribution is -2.15. The lowest BCUT2D eigenvalue weighted by molar-refractivity contribution is 0.280. The number of halogens is 2. The Morgan fingerprint density at radius 1 is 1.17 bits per heavy atom. The number of likely N-dealkylation sites (N-methyl/N-ethyl adjacent to an activating group) is 1. The first-order valence-corrected chi connectivity index (χ1v) is 7.33. The molecule has 1 aromatic heterocycles. The SMILES string of the molecule is Cc1cc(N)nc(COc2cc(CCN(C)C)cc(F)c2F)c1. The number of hydrogen-bond acceptors (Lipinski definition) is 4. The summed E-state index contributed by atoms with van der Waals surface area (Å²) in [7, 11) is 3.84. The van der Waals surface area contributed by atoms with E-state index in [1.165, 1.54) is 12.1 Å². The monoisotopic (exact) mass is 321 g/mol. The predicted molar refractivity (Wildman–Crippen MR) is 86.3 cm³/mol. The molecular formula is C17H21F2N3O. The molecule has 2 N–H and O–H groups in total. The van der Waals surface area contributed by atoms with Crippen LogP contribution in [0.5, 0.6) is 5.75 Å². The molecule has 0 aliphatic rings. The van der Waals surface area contributed by atoms with Gasteiger partial charge in [-0.05, 0) is 62.8 Å². The van der Waals surface area contributed by atoms with Crippen LogP contribution >= 0.6 is 0 Å². The molecule has 1 aromatic carbocycles.